The number of hydrogen-bond acceptors (Lipinski definition) is 14. The summed E-state index contributed by atoms with van der Waals surface area (Å²) in [6.07, 6.45) is -1.69. The van der Waals surface area contributed by atoms with Crippen LogP contribution < -0.4 is 0 Å². The fourth-order valence-corrected chi connectivity index (χ4v) is 3.67. The monoisotopic (exact) mass is 604 g/mol. The predicted octanol–water partition coefficient (Wildman–Crippen LogP) is 0.0649. The molecule has 0 unspecified atom stereocenters. The number of esters is 2. The molecule has 1 aliphatic heterocycles. The lowest BCUT2D eigenvalue weighted by atomic mass is 9.99. The summed E-state index contributed by atoms with van der Waals surface area (Å²) in [5.74, 6) is -2.96. The van der Waals surface area contributed by atoms with E-state index in [9.17, 15) is 50.4 Å². The normalized spacial score (nSPS) is 22.6. The summed E-state index contributed by atoms with van der Waals surface area (Å²) in [5.41, 5.74) is 1.05. The maximum absolute atomic E-state index is 12.1. The second-order valence-corrected chi connectivity index (χ2v) is 9.27. The molecule has 2 aromatic rings. The van der Waals surface area contributed by atoms with Gasteiger partial charge in [0.15, 0.2) is 29.3 Å². The number of aliphatic hydroxyl groups is 4. The van der Waals surface area contributed by atoms with E-state index < -0.39 is 55.9 Å². The van der Waals surface area contributed by atoms with Crippen LogP contribution in [0, 0.1) is 0 Å². The van der Waals surface area contributed by atoms with Crippen LogP contribution in [0.25, 0.3) is 12.2 Å². The molecule has 1 heterocycles. The number of benzene rings is 2. The van der Waals surface area contributed by atoms with Gasteiger partial charge in [0.1, 0.15) is 37.6 Å². The zero-order valence-electron chi connectivity index (χ0n) is 22.6. The lowest BCUT2D eigenvalue weighted by Crippen LogP contribution is -2.59. The van der Waals surface area contributed by atoms with Crippen molar-refractivity contribution >= 4 is 24.1 Å². The Morgan fingerprint density at radius 1 is 0.767 bits per heavy atom. The van der Waals surface area contributed by atoms with Crippen LogP contribution in [-0.4, -0.2) is 110 Å². The molecule has 5 atom stereocenters. The number of phenolic OH excluding ortho intramolecular Hbond substituents is 4. The van der Waals surface area contributed by atoms with Crippen LogP contribution in [0.3, 0.4) is 0 Å². The van der Waals surface area contributed by atoms with E-state index in [2.05, 4.69) is 0 Å². The Hall–Kier alpha value is -4.44. The molecule has 2 aromatic carbocycles. The van der Waals surface area contributed by atoms with Crippen LogP contribution in [0.2, 0.25) is 0 Å². The molecule has 0 aromatic heterocycles. The van der Waals surface area contributed by atoms with Crippen molar-refractivity contribution in [3.8, 4) is 23.0 Å². The Morgan fingerprint density at radius 3 is 1.86 bits per heavy atom. The molecule has 14 heteroatoms. The molecule has 3 rings (SSSR count). The van der Waals surface area contributed by atoms with Crippen molar-refractivity contribution in [2.24, 2.45) is 0 Å². The Morgan fingerprint density at radius 2 is 1.33 bits per heavy atom. The third-order valence-electron chi connectivity index (χ3n) is 6.11. The number of carbonyl (C=O) groups is 2. The first-order valence-electron chi connectivity index (χ1n) is 12.8. The van der Waals surface area contributed by atoms with Crippen LogP contribution in [0.1, 0.15) is 11.1 Å². The summed E-state index contributed by atoms with van der Waals surface area (Å²) in [7, 11) is 0. The Balaban J connectivity index is 1.48. The number of phenols is 4. The average Bonchev–Trinajstić information content (AvgIpc) is 2.99. The van der Waals surface area contributed by atoms with Gasteiger partial charge in [-0.05, 0) is 59.2 Å². The van der Waals surface area contributed by atoms with Crippen LogP contribution in [0.5, 0.6) is 23.0 Å². The summed E-state index contributed by atoms with van der Waals surface area (Å²) in [6.45, 7) is -1.62. The molecular formula is C29H32O14. The minimum Gasteiger partial charge on any atom is -0.504 e. The highest BCUT2D eigenvalue weighted by Gasteiger charge is 2.44. The highest BCUT2D eigenvalue weighted by molar-refractivity contribution is 5.87. The van der Waals surface area contributed by atoms with Crippen LogP contribution in [-0.2, 0) is 28.5 Å². The molecule has 1 aliphatic rings. The van der Waals surface area contributed by atoms with E-state index in [4.69, 9.17) is 18.9 Å². The van der Waals surface area contributed by atoms with Gasteiger partial charge >= 0.3 is 11.9 Å². The van der Waals surface area contributed by atoms with E-state index in [1.807, 2.05) is 0 Å². The maximum Gasteiger partial charge on any atom is 0.331 e. The topological polar surface area (TPSA) is 233 Å². The summed E-state index contributed by atoms with van der Waals surface area (Å²) in [5, 5.41) is 78.0. The lowest BCUT2D eigenvalue weighted by Gasteiger charge is -2.40. The lowest BCUT2D eigenvalue weighted by molar-refractivity contribution is -0.299. The van der Waals surface area contributed by atoms with Crippen molar-refractivity contribution in [1.82, 2.24) is 0 Å². The minimum atomic E-state index is -1.72. The van der Waals surface area contributed by atoms with E-state index in [0.29, 0.717) is 11.1 Å². The summed E-state index contributed by atoms with van der Waals surface area (Å²) >= 11 is 0. The van der Waals surface area contributed by atoms with E-state index >= 15 is 0 Å². The minimum absolute atomic E-state index is 0.227. The fourth-order valence-electron chi connectivity index (χ4n) is 3.67. The summed E-state index contributed by atoms with van der Waals surface area (Å²) in [4.78, 5) is 24.0. The highest BCUT2D eigenvalue weighted by Crippen LogP contribution is 2.27. The average molecular weight is 605 g/mol. The molecule has 0 spiro atoms. The Kier molecular flexibility index (Phi) is 12.1. The molecule has 0 bridgehead atoms. The van der Waals surface area contributed by atoms with Crippen molar-refractivity contribution in [3.05, 3.63) is 71.3 Å². The third kappa shape index (κ3) is 9.82. The van der Waals surface area contributed by atoms with Gasteiger partial charge in [0.2, 0.25) is 0 Å². The predicted molar refractivity (Wildman–Crippen MR) is 147 cm³/mol. The molecular weight excluding hydrogens is 572 g/mol. The van der Waals surface area contributed by atoms with E-state index in [0.717, 1.165) is 12.2 Å². The number of carbonyl (C=O) groups excluding carboxylic acids is 2. The quantitative estimate of drug-likeness (QED) is 0.0693. The fraction of sp³-hybridized carbons (Fsp3) is 0.310. The molecule has 232 valence electrons. The largest absolute Gasteiger partial charge is 0.504 e. The second kappa shape index (κ2) is 15.7. The van der Waals surface area contributed by atoms with Crippen LogP contribution in [0.15, 0.2) is 60.2 Å². The number of aromatic hydroxyl groups is 4. The molecule has 0 aliphatic carbocycles. The van der Waals surface area contributed by atoms with Gasteiger partial charge < -0.3 is 59.8 Å². The Bertz CT molecular complexity index is 1350. The smallest absolute Gasteiger partial charge is 0.331 e. The van der Waals surface area contributed by atoms with Gasteiger partial charge in [-0.2, -0.15) is 0 Å². The van der Waals surface area contributed by atoms with Crippen molar-refractivity contribution in [2.45, 2.75) is 30.7 Å². The van der Waals surface area contributed by atoms with Crippen molar-refractivity contribution in [1.29, 1.82) is 0 Å². The van der Waals surface area contributed by atoms with Gasteiger partial charge in [0.05, 0.1) is 13.2 Å². The number of aliphatic hydroxyl groups excluding tert-OH is 4. The van der Waals surface area contributed by atoms with Gasteiger partial charge in [-0.1, -0.05) is 12.1 Å². The molecule has 0 saturated carbocycles. The SMILES string of the molecule is O=C(C=Cc1ccc(O)c(O)c1)OCC=C(CO)CO[C@@H]1O[C@H](COC(=O)C=Cc2ccc(O)c(O)c2)[C@@H](O)[C@H](O)[C@H]1O. The second-order valence-electron chi connectivity index (χ2n) is 9.27. The van der Waals surface area contributed by atoms with Crippen molar-refractivity contribution in [3.63, 3.8) is 0 Å². The van der Waals surface area contributed by atoms with Gasteiger partial charge in [0, 0.05) is 12.2 Å². The van der Waals surface area contributed by atoms with E-state index in [1.54, 1.807) is 0 Å². The molecule has 8 N–H and O–H groups in total. The molecule has 0 radical (unpaired) electrons. The standard InChI is InChI=1S/C29H32O14/c30-13-18(9-10-40-24(35)7-3-16-1-5-19(31)21(33)11-16)14-42-29-28(39)27(38)26(37)23(43-29)15-41-25(36)8-4-17-2-6-20(32)22(34)12-17/h1-9,11-12,23,26-34,37-39H,10,13-15H2/t23-,26-,27+,28-,29-/m1/s1. The number of ether oxygens (including phenoxy) is 4. The van der Waals surface area contributed by atoms with Gasteiger partial charge in [-0.3, -0.25) is 0 Å². The zero-order valence-corrected chi connectivity index (χ0v) is 22.6. The van der Waals surface area contributed by atoms with Crippen LogP contribution >= 0.6 is 0 Å². The van der Waals surface area contributed by atoms with Gasteiger partial charge in [-0.25, -0.2) is 9.59 Å². The Labute approximate surface area is 245 Å². The summed E-state index contributed by atoms with van der Waals surface area (Å²) < 4.78 is 21.0. The first-order chi connectivity index (χ1) is 20.5. The first kappa shape index (κ1) is 33.1. The van der Waals surface area contributed by atoms with E-state index in [-0.39, 0.29) is 41.8 Å². The molecule has 0 amide bonds. The van der Waals surface area contributed by atoms with E-state index in [1.165, 1.54) is 54.6 Å². The zero-order chi connectivity index (χ0) is 31.5. The third-order valence-corrected chi connectivity index (χ3v) is 6.11. The molecule has 14 nitrogen and oxygen atoms in total. The molecule has 43 heavy (non-hydrogen) atoms. The molecule has 1 fully saturated rings. The van der Waals surface area contributed by atoms with Crippen LogP contribution in [0.4, 0.5) is 0 Å². The van der Waals surface area contributed by atoms with Gasteiger partial charge in [0.25, 0.3) is 0 Å². The van der Waals surface area contributed by atoms with Crippen molar-refractivity contribution in [2.75, 3.05) is 26.4 Å². The number of hydrogen-bond donors (Lipinski definition) is 8. The summed E-state index contributed by atoms with van der Waals surface area (Å²) in [6, 6.07) is 7.86. The maximum atomic E-state index is 12.1. The van der Waals surface area contributed by atoms with Crippen molar-refractivity contribution < 1.29 is 69.4 Å². The number of rotatable bonds is 12. The van der Waals surface area contributed by atoms with Gasteiger partial charge in [-0.15, -0.1) is 0 Å². The first-order valence-corrected chi connectivity index (χ1v) is 12.8. The highest BCUT2D eigenvalue weighted by atomic mass is 16.7. The molecule has 1 saturated heterocycles.